The molecule has 1 aromatic carbocycles. The molecule has 0 radical (unpaired) electrons. The van der Waals surface area contributed by atoms with Gasteiger partial charge in [0, 0.05) is 5.56 Å². The molecule has 0 saturated heterocycles. The van der Waals surface area contributed by atoms with Crippen LogP contribution in [-0.4, -0.2) is 16.0 Å². The van der Waals surface area contributed by atoms with Crippen molar-refractivity contribution in [2.24, 2.45) is 0 Å². The van der Waals surface area contributed by atoms with E-state index in [0.29, 0.717) is 6.07 Å². The molecule has 0 heterocycles. The third-order valence-electron chi connectivity index (χ3n) is 2.10. The van der Waals surface area contributed by atoms with Crippen molar-refractivity contribution in [1.82, 2.24) is 0 Å². The number of carboxylic acid groups (broad SMARTS) is 1. The minimum atomic E-state index is -1.24. The summed E-state index contributed by atoms with van der Waals surface area (Å²) in [5, 5.41) is 19.0. The van der Waals surface area contributed by atoms with E-state index in [9.17, 15) is 19.3 Å². The SMILES string of the molecule is CC(C(=O)O)c1cc(Cl)c(F)cc1[N+](=O)[O-]. The van der Waals surface area contributed by atoms with Gasteiger partial charge in [0.1, 0.15) is 5.82 Å². The number of nitrogens with zero attached hydrogens (tertiary/aromatic N) is 1. The van der Waals surface area contributed by atoms with Gasteiger partial charge >= 0.3 is 5.97 Å². The number of carbonyl (C=O) groups is 1. The molecular weight excluding hydrogens is 241 g/mol. The summed E-state index contributed by atoms with van der Waals surface area (Å²) in [5.74, 6) is -3.32. The van der Waals surface area contributed by atoms with Crippen LogP contribution in [0.5, 0.6) is 0 Å². The van der Waals surface area contributed by atoms with Crippen molar-refractivity contribution in [3.05, 3.63) is 38.7 Å². The van der Waals surface area contributed by atoms with Crippen LogP contribution in [0.3, 0.4) is 0 Å². The highest BCUT2D eigenvalue weighted by atomic mass is 35.5. The van der Waals surface area contributed by atoms with E-state index in [1.165, 1.54) is 6.92 Å². The Morgan fingerprint density at radius 2 is 2.19 bits per heavy atom. The van der Waals surface area contributed by atoms with Crippen molar-refractivity contribution >= 4 is 23.3 Å². The fourth-order valence-electron chi connectivity index (χ4n) is 1.19. The van der Waals surface area contributed by atoms with Crippen molar-refractivity contribution in [3.8, 4) is 0 Å². The largest absolute Gasteiger partial charge is 0.481 e. The maximum atomic E-state index is 13.0. The van der Waals surface area contributed by atoms with Crippen LogP contribution in [0.25, 0.3) is 0 Å². The number of aliphatic carboxylic acids is 1. The second-order valence-electron chi connectivity index (χ2n) is 3.14. The summed E-state index contributed by atoms with van der Waals surface area (Å²) >= 11 is 5.45. The van der Waals surface area contributed by atoms with E-state index in [0.717, 1.165) is 6.07 Å². The molecule has 1 unspecified atom stereocenters. The number of benzene rings is 1. The number of halogens is 2. The van der Waals surface area contributed by atoms with Gasteiger partial charge < -0.3 is 5.11 Å². The lowest BCUT2D eigenvalue weighted by molar-refractivity contribution is -0.385. The first-order valence-electron chi connectivity index (χ1n) is 4.20. The molecule has 16 heavy (non-hydrogen) atoms. The minimum Gasteiger partial charge on any atom is -0.481 e. The molecule has 0 aliphatic heterocycles. The van der Waals surface area contributed by atoms with Gasteiger partial charge in [0.2, 0.25) is 0 Å². The zero-order valence-electron chi connectivity index (χ0n) is 8.11. The molecule has 0 saturated carbocycles. The standard InChI is InChI=1S/C9H7ClFNO4/c1-4(9(13)14)5-2-6(10)7(11)3-8(5)12(15)16/h2-4H,1H3,(H,13,14). The topological polar surface area (TPSA) is 80.4 Å². The lowest BCUT2D eigenvalue weighted by Gasteiger charge is -2.08. The lowest BCUT2D eigenvalue weighted by atomic mass is 9.99. The highest BCUT2D eigenvalue weighted by Gasteiger charge is 2.25. The van der Waals surface area contributed by atoms with Crippen molar-refractivity contribution in [1.29, 1.82) is 0 Å². The van der Waals surface area contributed by atoms with Crippen LogP contribution >= 0.6 is 11.6 Å². The van der Waals surface area contributed by atoms with Crippen molar-refractivity contribution in [3.63, 3.8) is 0 Å². The molecule has 0 aliphatic rings. The smallest absolute Gasteiger partial charge is 0.310 e. The summed E-state index contributed by atoms with van der Waals surface area (Å²) in [6.45, 7) is 1.26. The van der Waals surface area contributed by atoms with Crippen molar-refractivity contribution < 1.29 is 19.2 Å². The van der Waals surface area contributed by atoms with Crippen LogP contribution < -0.4 is 0 Å². The quantitative estimate of drug-likeness (QED) is 0.657. The summed E-state index contributed by atoms with van der Waals surface area (Å²) in [6.07, 6.45) is 0. The molecule has 1 rings (SSSR count). The molecule has 0 fully saturated rings. The lowest BCUT2D eigenvalue weighted by Crippen LogP contribution is -2.10. The molecule has 0 aromatic heterocycles. The molecule has 0 bridgehead atoms. The maximum absolute atomic E-state index is 13.0. The van der Waals surface area contributed by atoms with E-state index < -0.39 is 28.3 Å². The van der Waals surface area contributed by atoms with E-state index >= 15 is 0 Å². The molecule has 7 heteroatoms. The van der Waals surface area contributed by atoms with Crippen LogP contribution in [0.15, 0.2) is 12.1 Å². The zero-order chi connectivity index (χ0) is 12.5. The molecular formula is C9H7ClFNO4. The third-order valence-corrected chi connectivity index (χ3v) is 2.39. The number of carboxylic acids is 1. The van der Waals surface area contributed by atoms with Gasteiger partial charge in [-0.05, 0) is 13.0 Å². The number of hydrogen-bond donors (Lipinski definition) is 1. The summed E-state index contributed by atoms with van der Waals surface area (Å²) in [5.41, 5.74) is -0.708. The van der Waals surface area contributed by atoms with Crippen LogP contribution in [0.2, 0.25) is 5.02 Å². The Morgan fingerprint density at radius 1 is 1.62 bits per heavy atom. The van der Waals surface area contributed by atoms with E-state index in [1.54, 1.807) is 0 Å². The summed E-state index contributed by atoms with van der Waals surface area (Å²) in [6, 6.07) is 1.59. The normalized spacial score (nSPS) is 12.2. The van der Waals surface area contributed by atoms with Crippen LogP contribution in [-0.2, 0) is 4.79 Å². The van der Waals surface area contributed by atoms with Gasteiger partial charge in [-0.1, -0.05) is 11.6 Å². The molecule has 0 amide bonds. The van der Waals surface area contributed by atoms with E-state index in [1.807, 2.05) is 0 Å². The van der Waals surface area contributed by atoms with Gasteiger partial charge in [0.15, 0.2) is 0 Å². The Kier molecular flexibility index (Phi) is 3.44. The number of rotatable bonds is 3. The molecule has 1 atom stereocenters. The van der Waals surface area contributed by atoms with Gasteiger partial charge in [-0.15, -0.1) is 0 Å². The fourth-order valence-corrected chi connectivity index (χ4v) is 1.36. The number of hydrogen-bond acceptors (Lipinski definition) is 3. The number of nitro benzene ring substituents is 1. The molecule has 0 spiro atoms. The fraction of sp³-hybridized carbons (Fsp3) is 0.222. The summed E-state index contributed by atoms with van der Waals surface area (Å²) in [7, 11) is 0. The monoisotopic (exact) mass is 247 g/mol. The second-order valence-corrected chi connectivity index (χ2v) is 3.55. The molecule has 86 valence electrons. The van der Waals surface area contributed by atoms with E-state index in [-0.39, 0.29) is 10.6 Å². The van der Waals surface area contributed by atoms with Gasteiger partial charge in [-0.25, -0.2) is 4.39 Å². The highest BCUT2D eigenvalue weighted by Crippen LogP contribution is 2.31. The van der Waals surface area contributed by atoms with Crippen LogP contribution in [0.4, 0.5) is 10.1 Å². The summed E-state index contributed by atoms with van der Waals surface area (Å²) < 4.78 is 13.0. The minimum absolute atomic E-state index is 0.121. The first-order valence-corrected chi connectivity index (χ1v) is 4.58. The van der Waals surface area contributed by atoms with Gasteiger partial charge in [-0.2, -0.15) is 0 Å². The van der Waals surface area contributed by atoms with Crippen LogP contribution in [0, 0.1) is 15.9 Å². The Labute approximate surface area is 94.6 Å². The Balaban J connectivity index is 3.41. The highest BCUT2D eigenvalue weighted by molar-refractivity contribution is 6.30. The first kappa shape index (κ1) is 12.4. The first-order chi connectivity index (χ1) is 7.34. The maximum Gasteiger partial charge on any atom is 0.310 e. The molecule has 1 aromatic rings. The van der Waals surface area contributed by atoms with Crippen molar-refractivity contribution in [2.45, 2.75) is 12.8 Å². The predicted molar refractivity (Wildman–Crippen MR) is 54.1 cm³/mol. The summed E-state index contributed by atoms with van der Waals surface area (Å²) in [4.78, 5) is 20.5. The average molecular weight is 248 g/mol. The van der Waals surface area contributed by atoms with E-state index in [4.69, 9.17) is 16.7 Å². The van der Waals surface area contributed by atoms with Gasteiger partial charge in [0.25, 0.3) is 5.69 Å². The van der Waals surface area contributed by atoms with Crippen LogP contribution in [0.1, 0.15) is 18.4 Å². The predicted octanol–water partition coefficient (Wildman–Crippen LogP) is 2.58. The second kappa shape index (κ2) is 4.44. The molecule has 5 nitrogen and oxygen atoms in total. The molecule has 1 N–H and O–H groups in total. The Morgan fingerprint density at radius 3 is 2.62 bits per heavy atom. The Hall–Kier alpha value is -1.69. The third kappa shape index (κ3) is 2.27. The van der Waals surface area contributed by atoms with Gasteiger partial charge in [0.05, 0.1) is 21.9 Å². The average Bonchev–Trinajstić information content (AvgIpc) is 2.19. The van der Waals surface area contributed by atoms with Gasteiger partial charge in [-0.3, -0.25) is 14.9 Å². The van der Waals surface area contributed by atoms with Crippen molar-refractivity contribution in [2.75, 3.05) is 0 Å². The molecule has 0 aliphatic carbocycles. The Bertz CT molecular complexity index is 463. The number of nitro groups is 1. The zero-order valence-corrected chi connectivity index (χ0v) is 8.86. The van der Waals surface area contributed by atoms with E-state index in [2.05, 4.69) is 0 Å².